The maximum atomic E-state index is 11.7. The van der Waals surface area contributed by atoms with E-state index in [1.54, 1.807) is 13.1 Å². The average Bonchev–Trinajstić information content (AvgIpc) is 3.06. The number of benzene rings is 1. The molecule has 0 aliphatic rings. The Labute approximate surface area is 142 Å². The van der Waals surface area contributed by atoms with E-state index < -0.39 is 0 Å². The number of rotatable bonds is 5. The molecular formula is C12H10IN5O3S. The number of aromatic nitrogens is 5. The van der Waals surface area contributed by atoms with Crippen LogP contribution >= 0.6 is 34.1 Å². The van der Waals surface area contributed by atoms with Gasteiger partial charge in [0.15, 0.2) is 6.33 Å². The number of hydrogen-bond acceptors (Lipinski definition) is 7. The van der Waals surface area contributed by atoms with Crippen LogP contribution in [-0.4, -0.2) is 23.9 Å². The minimum Gasteiger partial charge on any atom is -0.429 e. The number of aryl methyl sites for hydroxylation is 1. The summed E-state index contributed by atoms with van der Waals surface area (Å²) in [5, 5.41) is 4.27. The second-order valence-corrected chi connectivity index (χ2v) is 5.85. The van der Waals surface area contributed by atoms with E-state index in [0.29, 0.717) is 14.8 Å². The summed E-state index contributed by atoms with van der Waals surface area (Å²) in [5.74, 6) is 0.604. The molecule has 0 atom stereocenters. The fourth-order valence-electron chi connectivity index (χ4n) is 1.64. The normalized spacial score (nSPS) is 10.6. The monoisotopic (exact) mass is 431 g/mol. The Kier molecular flexibility index (Phi) is 4.38. The molecule has 22 heavy (non-hydrogen) atoms. The molecule has 8 nitrogen and oxygen atoms in total. The molecule has 10 heteroatoms. The highest BCUT2D eigenvalue weighted by Crippen LogP contribution is 2.26. The number of halogens is 1. The van der Waals surface area contributed by atoms with Gasteiger partial charge in [-0.15, -0.1) is 4.73 Å². The zero-order valence-corrected chi connectivity index (χ0v) is 14.3. The molecule has 0 aliphatic carbocycles. The van der Waals surface area contributed by atoms with Gasteiger partial charge in [-0.05, 0) is 6.07 Å². The summed E-state index contributed by atoms with van der Waals surface area (Å²) in [4.78, 5) is 21.2. The summed E-state index contributed by atoms with van der Waals surface area (Å²) < 4.78 is 12.7. The minimum absolute atomic E-state index is 0.164. The molecule has 0 aliphatic heterocycles. The van der Waals surface area contributed by atoms with Gasteiger partial charge in [0.25, 0.3) is 5.19 Å². The average molecular weight is 431 g/mol. The summed E-state index contributed by atoms with van der Waals surface area (Å²) in [6.45, 7) is 0.164. The van der Waals surface area contributed by atoms with Gasteiger partial charge in [0, 0.05) is 46.7 Å². The molecule has 0 fully saturated rings. The summed E-state index contributed by atoms with van der Waals surface area (Å²) in [6.07, 6.45) is 1.32. The third kappa shape index (κ3) is 3.27. The van der Waals surface area contributed by atoms with Crippen molar-refractivity contribution in [3.05, 3.63) is 50.5 Å². The maximum Gasteiger partial charge on any atom is 0.378 e. The van der Waals surface area contributed by atoms with Gasteiger partial charge in [-0.3, -0.25) is 0 Å². The topological polar surface area (TPSA) is 84.1 Å². The number of para-hydroxylation sites is 1. The van der Waals surface area contributed by atoms with E-state index in [4.69, 9.17) is 9.57 Å². The van der Waals surface area contributed by atoms with Gasteiger partial charge in [0.05, 0.1) is 0 Å². The Bertz CT molecular complexity index is 843. The van der Waals surface area contributed by atoms with Crippen molar-refractivity contribution in [3.8, 4) is 10.9 Å². The van der Waals surface area contributed by atoms with Crippen LogP contribution in [0.3, 0.4) is 0 Å². The first-order valence-electron chi connectivity index (χ1n) is 6.12. The SMILES string of the molecule is Cn1ncn(OCc2ccccc2Oc2nc(I)ns2)c1=O. The molecule has 0 unspecified atom stereocenters. The van der Waals surface area contributed by atoms with Crippen molar-refractivity contribution in [1.82, 2.24) is 23.9 Å². The van der Waals surface area contributed by atoms with Gasteiger partial charge < -0.3 is 9.57 Å². The van der Waals surface area contributed by atoms with Crippen LogP contribution < -0.4 is 15.3 Å². The predicted octanol–water partition coefficient (Wildman–Crippen LogP) is 1.46. The van der Waals surface area contributed by atoms with Gasteiger partial charge in [0.2, 0.25) is 3.83 Å². The van der Waals surface area contributed by atoms with Crippen molar-refractivity contribution >= 4 is 34.1 Å². The molecule has 0 spiro atoms. The van der Waals surface area contributed by atoms with Crippen LogP contribution in [0.15, 0.2) is 35.4 Å². The Hall–Kier alpha value is -1.95. The molecule has 0 amide bonds. The van der Waals surface area contributed by atoms with Gasteiger partial charge in [-0.25, -0.2) is 9.48 Å². The van der Waals surface area contributed by atoms with Gasteiger partial charge in [-0.1, -0.05) is 18.2 Å². The van der Waals surface area contributed by atoms with E-state index in [9.17, 15) is 4.79 Å². The molecule has 0 N–H and O–H groups in total. The number of ether oxygens (including phenoxy) is 1. The van der Waals surface area contributed by atoms with Crippen LogP contribution in [0.2, 0.25) is 0 Å². The molecule has 3 rings (SSSR count). The number of nitrogens with zero attached hydrogens (tertiary/aromatic N) is 5. The van der Waals surface area contributed by atoms with E-state index >= 15 is 0 Å². The molecule has 0 radical (unpaired) electrons. The lowest BCUT2D eigenvalue weighted by Gasteiger charge is -2.09. The Morgan fingerprint density at radius 1 is 1.36 bits per heavy atom. The Balaban J connectivity index is 1.76. The first-order chi connectivity index (χ1) is 10.6. The molecule has 114 valence electrons. The van der Waals surface area contributed by atoms with E-state index in [2.05, 4.69) is 14.5 Å². The van der Waals surface area contributed by atoms with Gasteiger partial charge >= 0.3 is 5.69 Å². The minimum atomic E-state index is -0.350. The first kappa shape index (κ1) is 15.0. The van der Waals surface area contributed by atoms with E-state index in [1.807, 2.05) is 40.8 Å². The lowest BCUT2D eigenvalue weighted by molar-refractivity contribution is 0.0870. The van der Waals surface area contributed by atoms with Crippen LogP contribution in [-0.2, 0) is 13.7 Å². The summed E-state index contributed by atoms with van der Waals surface area (Å²) >= 11 is 3.19. The summed E-state index contributed by atoms with van der Waals surface area (Å²) in [6, 6.07) is 7.37. The predicted molar refractivity (Wildman–Crippen MR) is 86.9 cm³/mol. The van der Waals surface area contributed by atoms with Crippen LogP contribution in [0.5, 0.6) is 10.9 Å². The van der Waals surface area contributed by atoms with Crippen molar-refractivity contribution in [2.45, 2.75) is 6.61 Å². The standard InChI is InChI=1S/C12H10IN5O3S/c1-17-12(19)18(7-14-17)20-6-8-4-2-3-5-9(8)21-11-15-10(13)16-22-11/h2-5,7H,6H2,1H3. The smallest absolute Gasteiger partial charge is 0.378 e. The quantitative estimate of drug-likeness (QED) is 0.569. The third-order valence-electron chi connectivity index (χ3n) is 2.71. The van der Waals surface area contributed by atoms with E-state index in [0.717, 1.165) is 10.3 Å². The zero-order valence-electron chi connectivity index (χ0n) is 11.3. The van der Waals surface area contributed by atoms with Crippen molar-refractivity contribution in [3.63, 3.8) is 0 Å². The zero-order chi connectivity index (χ0) is 15.5. The van der Waals surface area contributed by atoms with Crippen molar-refractivity contribution < 1.29 is 9.57 Å². The second-order valence-electron chi connectivity index (χ2n) is 4.18. The lowest BCUT2D eigenvalue weighted by atomic mass is 10.2. The van der Waals surface area contributed by atoms with E-state index in [-0.39, 0.29) is 12.3 Å². The van der Waals surface area contributed by atoms with Crippen molar-refractivity contribution in [1.29, 1.82) is 0 Å². The molecule has 0 bridgehead atoms. The molecule has 0 saturated heterocycles. The van der Waals surface area contributed by atoms with Crippen LogP contribution in [0, 0.1) is 3.83 Å². The Morgan fingerprint density at radius 2 is 2.18 bits per heavy atom. The summed E-state index contributed by atoms with van der Waals surface area (Å²) in [5.41, 5.74) is 0.431. The van der Waals surface area contributed by atoms with Gasteiger partial charge in [0.1, 0.15) is 12.4 Å². The second kappa shape index (κ2) is 6.44. The molecule has 2 heterocycles. The maximum absolute atomic E-state index is 11.7. The van der Waals surface area contributed by atoms with E-state index in [1.165, 1.54) is 22.5 Å². The van der Waals surface area contributed by atoms with Gasteiger partial charge in [-0.2, -0.15) is 14.5 Å². The highest BCUT2D eigenvalue weighted by Gasteiger charge is 2.10. The molecule has 1 aromatic carbocycles. The molecular weight excluding hydrogens is 421 g/mol. The molecule has 0 saturated carbocycles. The first-order valence-corrected chi connectivity index (χ1v) is 7.97. The largest absolute Gasteiger partial charge is 0.429 e. The van der Waals surface area contributed by atoms with Crippen LogP contribution in [0.25, 0.3) is 0 Å². The molecule has 3 aromatic rings. The van der Waals surface area contributed by atoms with Crippen LogP contribution in [0.1, 0.15) is 5.56 Å². The highest BCUT2D eigenvalue weighted by atomic mass is 127. The number of hydrogen-bond donors (Lipinski definition) is 0. The third-order valence-corrected chi connectivity index (χ3v) is 4.11. The van der Waals surface area contributed by atoms with Crippen molar-refractivity contribution in [2.24, 2.45) is 7.05 Å². The fourth-order valence-corrected chi connectivity index (χ4v) is 2.77. The van der Waals surface area contributed by atoms with Crippen molar-refractivity contribution in [2.75, 3.05) is 0 Å². The Morgan fingerprint density at radius 3 is 2.86 bits per heavy atom. The van der Waals surface area contributed by atoms with Crippen LogP contribution in [0.4, 0.5) is 0 Å². The lowest BCUT2D eigenvalue weighted by Crippen LogP contribution is -2.27. The summed E-state index contributed by atoms with van der Waals surface area (Å²) in [7, 11) is 1.55. The highest BCUT2D eigenvalue weighted by molar-refractivity contribution is 14.1. The molecule has 2 aromatic heterocycles. The fraction of sp³-hybridized carbons (Fsp3) is 0.167.